The first-order valence-electron chi connectivity index (χ1n) is 6.66. The van der Waals surface area contributed by atoms with Crippen LogP contribution in [-0.2, 0) is 4.74 Å². The molecule has 1 aliphatic heterocycles. The van der Waals surface area contributed by atoms with Gasteiger partial charge in [-0.15, -0.1) is 0 Å². The molecule has 5 heteroatoms. The van der Waals surface area contributed by atoms with Gasteiger partial charge in [-0.05, 0) is 32.0 Å². The highest BCUT2D eigenvalue weighted by Crippen LogP contribution is 2.29. The summed E-state index contributed by atoms with van der Waals surface area (Å²) in [6.45, 7) is 6.75. The molecule has 1 saturated heterocycles. The number of benzene rings is 1. The average molecular weight is 280 g/mol. The van der Waals surface area contributed by atoms with Crippen LogP contribution in [0.1, 0.15) is 31.8 Å². The molecule has 1 aliphatic rings. The van der Waals surface area contributed by atoms with Crippen LogP contribution in [-0.4, -0.2) is 29.2 Å². The van der Waals surface area contributed by atoms with Gasteiger partial charge >= 0.3 is 0 Å². The van der Waals surface area contributed by atoms with Crippen molar-refractivity contribution < 1.29 is 4.74 Å². The molecule has 3 rings (SSSR count). The van der Waals surface area contributed by atoms with Gasteiger partial charge < -0.3 is 14.6 Å². The third kappa shape index (κ3) is 2.36. The predicted molar refractivity (Wildman–Crippen MR) is 76.7 cm³/mol. The third-order valence-corrected chi connectivity index (χ3v) is 3.65. The lowest BCUT2D eigenvalue weighted by molar-refractivity contribution is 0.0197. The Balaban J connectivity index is 2.14. The highest BCUT2D eigenvalue weighted by atomic mass is 35.5. The van der Waals surface area contributed by atoms with Crippen LogP contribution in [0.2, 0.25) is 5.02 Å². The molecular formula is C14H18ClN3O. The lowest BCUT2D eigenvalue weighted by Crippen LogP contribution is -2.34. The minimum atomic E-state index is 0.0160. The van der Waals surface area contributed by atoms with E-state index < -0.39 is 0 Å². The molecule has 0 amide bonds. The first kappa shape index (κ1) is 12.9. The summed E-state index contributed by atoms with van der Waals surface area (Å²) in [5.41, 5.74) is 2.05. The minimum Gasteiger partial charge on any atom is -0.368 e. The number of hydrogen-bond acceptors (Lipinski definition) is 3. The number of ether oxygens (including phenoxy) is 1. The Morgan fingerprint density at radius 1 is 1.47 bits per heavy atom. The van der Waals surface area contributed by atoms with Crippen molar-refractivity contribution in [3.05, 3.63) is 29.0 Å². The lowest BCUT2D eigenvalue weighted by Gasteiger charge is -2.25. The van der Waals surface area contributed by atoms with Gasteiger partial charge in [0.25, 0.3) is 0 Å². The first-order valence-corrected chi connectivity index (χ1v) is 7.04. The molecule has 1 unspecified atom stereocenters. The van der Waals surface area contributed by atoms with Crippen molar-refractivity contribution >= 4 is 22.6 Å². The third-order valence-electron chi connectivity index (χ3n) is 3.41. The Kier molecular flexibility index (Phi) is 3.48. The van der Waals surface area contributed by atoms with E-state index in [9.17, 15) is 0 Å². The van der Waals surface area contributed by atoms with Gasteiger partial charge in [0, 0.05) is 24.2 Å². The zero-order chi connectivity index (χ0) is 13.4. The van der Waals surface area contributed by atoms with E-state index in [1.807, 2.05) is 18.2 Å². The Morgan fingerprint density at radius 2 is 2.32 bits per heavy atom. The maximum atomic E-state index is 6.11. The number of nitrogens with one attached hydrogen (secondary N) is 1. The molecular weight excluding hydrogens is 262 g/mol. The van der Waals surface area contributed by atoms with Gasteiger partial charge in [0.2, 0.25) is 0 Å². The van der Waals surface area contributed by atoms with Gasteiger partial charge in [-0.1, -0.05) is 11.6 Å². The van der Waals surface area contributed by atoms with E-state index in [1.165, 1.54) is 0 Å². The Hall–Kier alpha value is -1.10. The van der Waals surface area contributed by atoms with Crippen molar-refractivity contribution in [2.45, 2.75) is 26.0 Å². The number of halogens is 1. The van der Waals surface area contributed by atoms with Crippen molar-refractivity contribution in [2.75, 3.05) is 19.7 Å². The average Bonchev–Trinajstić information content (AvgIpc) is 2.78. The number of imidazole rings is 1. The van der Waals surface area contributed by atoms with Gasteiger partial charge in [0.1, 0.15) is 11.9 Å². The molecule has 1 fully saturated rings. The molecule has 1 atom stereocenters. The fraction of sp³-hybridized carbons (Fsp3) is 0.500. The summed E-state index contributed by atoms with van der Waals surface area (Å²) in [4.78, 5) is 4.74. The largest absolute Gasteiger partial charge is 0.368 e. The number of rotatable bonds is 2. The molecule has 0 spiro atoms. The monoisotopic (exact) mass is 279 g/mol. The molecule has 2 heterocycles. The van der Waals surface area contributed by atoms with Gasteiger partial charge in [0.15, 0.2) is 0 Å². The van der Waals surface area contributed by atoms with Crippen molar-refractivity contribution in [1.29, 1.82) is 0 Å². The molecule has 1 N–H and O–H groups in total. The van der Waals surface area contributed by atoms with E-state index in [0.29, 0.717) is 6.04 Å². The summed E-state index contributed by atoms with van der Waals surface area (Å²) < 4.78 is 8.06. The smallest absolute Gasteiger partial charge is 0.140 e. The molecule has 2 aromatic rings. The van der Waals surface area contributed by atoms with Gasteiger partial charge in [-0.2, -0.15) is 0 Å². The van der Waals surface area contributed by atoms with Gasteiger partial charge in [0.05, 0.1) is 17.6 Å². The Labute approximate surface area is 117 Å². The zero-order valence-corrected chi connectivity index (χ0v) is 11.9. The summed E-state index contributed by atoms with van der Waals surface area (Å²) in [6.07, 6.45) is 0.0160. The maximum Gasteiger partial charge on any atom is 0.140 e. The normalized spacial score (nSPS) is 20.3. The fourth-order valence-corrected chi connectivity index (χ4v) is 2.75. The van der Waals surface area contributed by atoms with Crippen LogP contribution < -0.4 is 5.32 Å². The van der Waals surface area contributed by atoms with Gasteiger partial charge in [-0.3, -0.25) is 0 Å². The van der Waals surface area contributed by atoms with Crippen molar-refractivity contribution in [3.63, 3.8) is 0 Å². The second-order valence-corrected chi connectivity index (χ2v) is 5.57. The van der Waals surface area contributed by atoms with E-state index in [0.717, 1.165) is 41.6 Å². The van der Waals surface area contributed by atoms with E-state index in [2.05, 4.69) is 23.7 Å². The van der Waals surface area contributed by atoms with Crippen LogP contribution in [0.5, 0.6) is 0 Å². The van der Waals surface area contributed by atoms with Crippen LogP contribution in [0.4, 0.5) is 0 Å². The Bertz CT molecular complexity index is 588. The summed E-state index contributed by atoms with van der Waals surface area (Å²) in [5.74, 6) is 0.986. The van der Waals surface area contributed by atoms with Crippen molar-refractivity contribution in [3.8, 4) is 0 Å². The zero-order valence-electron chi connectivity index (χ0n) is 11.2. The quantitative estimate of drug-likeness (QED) is 0.919. The molecule has 102 valence electrons. The lowest BCUT2D eigenvalue weighted by atomic mass is 10.2. The first-order chi connectivity index (χ1) is 9.16. The van der Waals surface area contributed by atoms with Crippen molar-refractivity contribution in [2.24, 2.45) is 0 Å². The van der Waals surface area contributed by atoms with E-state index >= 15 is 0 Å². The fourth-order valence-electron chi connectivity index (χ4n) is 2.59. The second-order valence-electron chi connectivity index (χ2n) is 5.13. The molecule has 0 aliphatic carbocycles. The summed E-state index contributed by atoms with van der Waals surface area (Å²) in [5, 5.41) is 4.09. The molecule has 1 aromatic heterocycles. The van der Waals surface area contributed by atoms with Gasteiger partial charge in [-0.25, -0.2) is 4.98 Å². The standard InChI is InChI=1S/C14H18ClN3O/c1-9(2)18-12-7-10(15)3-4-11(12)17-14(18)13-8-16-5-6-19-13/h3-4,7,9,13,16H,5-6,8H2,1-2H3. The summed E-state index contributed by atoms with van der Waals surface area (Å²) in [6, 6.07) is 6.15. The summed E-state index contributed by atoms with van der Waals surface area (Å²) >= 11 is 6.11. The summed E-state index contributed by atoms with van der Waals surface area (Å²) in [7, 11) is 0. The SMILES string of the molecule is CC(C)n1c(C2CNCCO2)nc2ccc(Cl)cc21. The van der Waals surface area contributed by atoms with E-state index in [1.54, 1.807) is 0 Å². The maximum absolute atomic E-state index is 6.11. The highest BCUT2D eigenvalue weighted by Gasteiger charge is 2.24. The molecule has 0 radical (unpaired) electrons. The molecule has 1 aromatic carbocycles. The van der Waals surface area contributed by atoms with Crippen LogP contribution in [0.3, 0.4) is 0 Å². The number of hydrogen-bond donors (Lipinski definition) is 1. The van der Waals surface area contributed by atoms with Crippen molar-refractivity contribution in [1.82, 2.24) is 14.9 Å². The minimum absolute atomic E-state index is 0.0160. The van der Waals surface area contributed by atoms with Crippen LogP contribution in [0.25, 0.3) is 11.0 Å². The number of aromatic nitrogens is 2. The van der Waals surface area contributed by atoms with Crippen LogP contribution in [0, 0.1) is 0 Å². The van der Waals surface area contributed by atoms with E-state index in [4.69, 9.17) is 21.3 Å². The highest BCUT2D eigenvalue weighted by molar-refractivity contribution is 6.31. The number of nitrogens with zero attached hydrogens (tertiary/aromatic N) is 2. The molecule has 4 nitrogen and oxygen atoms in total. The topological polar surface area (TPSA) is 39.1 Å². The van der Waals surface area contributed by atoms with E-state index in [-0.39, 0.29) is 6.10 Å². The number of morpholine rings is 1. The van der Waals surface area contributed by atoms with Crippen LogP contribution in [0.15, 0.2) is 18.2 Å². The second kappa shape index (κ2) is 5.12. The predicted octanol–water partition coefficient (Wildman–Crippen LogP) is 2.93. The molecule has 0 saturated carbocycles. The number of fused-ring (bicyclic) bond motifs is 1. The molecule has 0 bridgehead atoms. The Morgan fingerprint density at radius 3 is 3.00 bits per heavy atom. The van der Waals surface area contributed by atoms with Crippen LogP contribution >= 0.6 is 11.6 Å². The molecule has 19 heavy (non-hydrogen) atoms.